The third kappa shape index (κ3) is 6.45. The average Bonchev–Trinajstić information content (AvgIpc) is 1.25. The first-order chi connectivity index (χ1) is 3.25. The molecule has 0 amide bonds. The third-order valence-corrected chi connectivity index (χ3v) is 2.55. The van der Waals surface area contributed by atoms with Crippen LogP contribution in [0.2, 0.25) is 0 Å². The second kappa shape index (κ2) is 5.40. The van der Waals surface area contributed by atoms with Crippen LogP contribution in [0.1, 0.15) is 0 Å². The second-order valence-corrected chi connectivity index (χ2v) is 5.37. The molecular formula is CH2Cl3NaO4S. The normalized spacial score (nSPS) is 11.2. The Morgan fingerprint density at radius 1 is 1.20 bits per heavy atom. The van der Waals surface area contributed by atoms with Gasteiger partial charge in [0.1, 0.15) is 10.1 Å². The van der Waals surface area contributed by atoms with Crippen LogP contribution in [-0.2, 0) is 10.1 Å². The summed E-state index contributed by atoms with van der Waals surface area (Å²) in [7, 11) is -4.79. The van der Waals surface area contributed by atoms with Crippen molar-refractivity contribution in [2.24, 2.45) is 0 Å². The molecule has 0 fully saturated rings. The molecule has 0 aliphatic carbocycles. The number of rotatable bonds is 0. The predicted molar refractivity (Wildman–Crippen MR) is 33.6 cm³/mol. The van der Waals surface area contributed by atoms with Crippen molar-refractivity contribution in [3.05, 3.63) is 0 Å². The van der Waals surface area contributed by atoms with Gasteiger partial charge in [-0.05, 0) is 0 Å². The Labute approximate surface area is 95.2 Å². The summed E-state index contributed by atoms with van der Waals surface area (Å²) in [5.74, 6) is 0. The Kier molecular flexibility index (Phi) is 9.57. The van der Waals surface area contributed by atoms with Crippen LogP contribution in [0, 0.1) is 0 Å². The van der Waals surface area contributed by atoms with Gasteiger partial charge in [0.2, 0.25) is 0 Å². The molecule has 0 aromatic heterocycles. The molecule has 0 aromatic carbocycles. The standard InChI is InChI=1S/CHCl3O3S.Na.H2O/c2-1(3,4)8(5,6)7;;/h(H,5,6,7);;1H2/q;+1;/p-1. The molecule has 0 bridgehead atoms. The summed E-state index contributed by atoms with van der Waals surface area (Å²) in [6.45, 7) is 0. The zero-order chi connectivity index (χ0) is 7.00. The van der Waals surface area contributed by atoms with Gasteiger partial charge in [-0.3, -0.25) is 0 Å². The molecular weight excluding hydrogens is 237 g/mol. The van der Waals surface area contributed by atoms with Crippen LogP contribution in [0.15, 0.2) is 0 Å². The van der Waals surface area contributed by atoms with Crippen molar-refractivity contribution in [3.63, 3.8) is 0 Å². The van der Waals surface area contributed by atoms with Crippen molar-refractivity contribution in [1.82, 2.24) is 0 Å². The van der Waals surface area contributed by atoms with E-state index < -0.39 is 13.2 Å². The molecule has 0 heterocycles. The molecule has 2 N–H and O–H groups in total. The van der Waals surface area contributed by atoms with Gasteiger partial charge in [0, 0.05) is 0 Å². The summed E-state index contributed by atoms with van der Waals surface area (Å²) in [6, 6.07) is 0. The first-order valence-electron chi connectivity index (χ1n) is 1.27. The minimum Gasteiger partial charge on any atom is -0.745 e. The van der Waals surface area contributed by atoms with E-state index in [2.05, 4.69) is 34.8 Å². The Bertz CT molecular complexity index is 169. The fourth-order valence-corrected chi connectivity index (χ4v) is 0. The van der Waals surface area contributed by atoms with Crippen LogP contribution in [-0.4, -0.2) is 21.6 Å². The van der Waals surface area contributed by atoms with Crippen molar-refractivity contribution in [2.75, 3.05) is 0 Å². The van der Waals surface area contributed by atoms with Gasteiger partial charge in [-0.1, -0.05) is 34.8 Å². The van der Waals surface area contributed by atoms with Crippen LogP contribution < -0.4 is 29.6 Å². The van der Waals surface area contributed by atoms with E-state index in [0.717, 1.165) is 0 Å². The fraction of sp³-hybridized carbons (Fsp3) is 1.00. The SMILES string of the molecule is O.O=S(=O)([O-])C(Cl)(Cl)Cl.[Na+]. The first-order valence-corrected chi connectivity index (χ1v) is 3.81. The van der Waals surface area contributed by atoms with Gasteiger partial charge < -0.3 is 10.0 Å². The van der Waals surface area contributed by atoms with E-state index in [1.54, 1.807) is 0 Å². The molecule has 0 aliphatic rings. The molecule has 0 aromatic rings. The maximum Gasteiger partial charge on any atom is 1.00 e. The third-order valence-electron chi connectivity index (χ3n) is 0.283. The summed E-state index contributed by atoms with van der Waals surface area (Å²) < 4.78 is 26.4. The number of hydrogen-bond acceptors (Lipinski definition) is 3. The molecule has 0 rings (SSSR count). The smallest absolute Gasteiger partial charge is 0.745 e. The van der Waals surface area contributed by atoms with Crippen molar-refractivity contribution in [2.45, 2.75) is 3.12 Å². The molecule has 4 nitrogen and oxygen atoms in total. The molecule has 0 radical (unpaired) electrons. The van der Waals surface area contributed by atoms with Crippen LogP contribution in [0.3, 0.4) is 0 Å². The molecule has 0 atom stereocenters. The molecule has 58 valence electrons. The summed E-state index contributed by atoms with van der Waals surface area (Å²) in [5.41, 5.74) is 0. The minimum atomic E-state index is -4.79. The predicted octanol–water partition coefficient (Wildman–Crippen LogP) is -2.96. The minimum absolute atomic E-state index is 0. The molecule has 0 unspecified atom stereocenters. The van der Waals surface area contributed by atoms with Gasteiger partial charge in [0.05, 0.1) is 0 Å². The van der Waals surface area contributed by atoms with Gasteiger partial charge in [-0.25, -0.2) is 8.42 Å². The maximum absolute atomic E-state index is 9.70. The summed E-state index contributed by atoms with van der Waals surface area (Å²) >= 11 is 13.9. The molecule has 9 heteroatoms. The summed E-state index contributed by atoms with van der Waals surface area (Å²) in [4.78, 5) is 0. The van der Waals surface area contributed by atoms with E-state index in [4.69, 9.17) is 0 Å². The topological polar surface area (TPSA) is 88.7 Å². The Morgan fingerprint density at radius 3 is 1.30 bits per heavy atom. The van der Waals surface area contributed by atoms with Crippen molar-refractivity contribution < 1.29 is 48.0 Å². The fourth-order valence-electron chi connectivity index (χ4n) is 0. The Morgan fingerprint density at radius 2 is 1.30 bits per heavy atom. The Balaban J connectivity index is -0.000000245. The van der Waals surface area contributed by atoms with Gasteiger partial charge >= 0.3 is 29.6 Å². The Hall–Kier alpha value is 1.74. The summed E-state index contributed by atoms with van der Waals surface area (Å²) in [6.07, 6.45) is 0. The van der Waals surface area contributed by atoms with Crippen LogP contribution in [0.25, 0.3) is 0 Å². The summed E-state index contributed by atoms with van der Waals surface area (Å²) in [5, 5.41) is 0. The number of halogens is 3. The monoisotopic (exact) mass is 238 g/mol. The van der Waals surface area contributed by atoms with E-state index in [0.29, 0.717) is 0 Å². The zero-order valence-corrected chi connectivity index (χ0v) is 9.85. The van der Waals surface area contributed by atoms with Crippen molar-refractivity contribution >= 4 is 44.9 Å². The molecule has 0 spiro atoms. The van der Waals surface area contributed by atoms with Gasteiger partial charge in [-0.15, -0.1) is 0 Å². The molecule has 0 saturated heterocycles. The largest absolute Gasteiger partial charge is 1.00 e. The van der Waals surface area contributed by atoms with Gasteiger partial charge in [0.15, 0.2) is 0 Å². The zero-order valence-electron chi connectivity index (χ0n) is 4.77. The first kappa shape index (κ1) is 17.7. The van der Waals surface area contributed by atoms with Crippen LogP contribution in [0.5, 0.6) is 0 Å². The molecule has 0 aliphatic heterocycles. The van der Waals surface area contributed by atoms with Gasteiger partial charge in [-0.2, -0.15) is 0 Å². The van der Waals surface area contributed by atoms with E-state index in [1.165, 1.54) is 0 Å². The maximum atomic E-state index is 9.70. The number of hydrogen-bond donors (Lipinski definition) is 0. The molecule has 0 saturated carbocycles. The van der Waals surface area contributed by atoms with E-state index in [9.17, 15) is 13.0 Å². The van der Waals surface area contributed by atoms with E-state index in [1.807, 2.05) is 0 Å². The number of alkyl halides is 3. The van der Waals surface area contributed by atoms with Crippen molar-refractivity contribution in [3.8, 4) is 0 Å². The van der Waals surface area contributed by atoms with E-state index in [-0.39, 0.29) is 35.0 Å². The average molecular weight is 239 g/mol. The molecule has 10 heavy (non-hydrogen) atoms. The second-order valence-electron chi connectivity index (χ2n) is 0.900. The van der Waals surface area contributed by atoms with Gasteiger partial charge in [0.25, 0.3) is 3.12 Å². The van der Waals surface area contributed by atoms with Crippen LogP contribution >= 0.6 is 34.8 Å². The quantitative estimate of drug-likeness (QED) is 0.257. The van der Waals surface area contributed by atoms with E-state index >= 15 is 0 Å². The van der Waals surface area contributed by atoms with Crippen LogP contribution in [0.4, 0.5) is 0 Å². The van der Waals surface area contributed by atoms with Crippen molar-refractivity contribution in [1.29, 1.82) is 0 Å².